The highest BCUT2D eigenvalue weighted by molar-refractivity contribution is 5.88. The van der Waals surface area contributed by atoms with Gasteiger partial charge in [0.2, 0.25) is 0 Å². The molecule has 0 aromatic carbocycles. The summed E-state index contributed by atoms with van der Waals surface area (Å²) in [4.78, 5) is 36.8. The Balaban J connectivity index is 1.20. The molecule has 43 heavy (non-hydrogen) atoms. The van der Waals surface area contributed by atoms with Crippen molar-refractivity contribution in [1.29, 1.82) is 0 Å². The van der Waals surface area contributed by atoms with Crippen LogP contribution in [0.3, 0.4) is 0 Å². The Kier molecular flexibility index (Phi) is 8.11. The highest BCUT2D eigenvalue weighted by Gasteiger charge is 2.71. The molecule has 0 radical (unpaired) electrons. The summed E-state index contributed by atoms with van der Waals surface area (Å²) >= 11 is 0. The lowest BCUT2D eigenvalue weighted by molar-refractivity contribution is -0.281. The molecule has 1 saturated heterocycles. The predicted molar refractivity (Wildman–Crippen MR) is 152 cm³/mol. The van der Waals surface area contributed by atoms with Crippen LogP contribution in [-0.2, 0) is 42.8 Å². The first kappa shape index (κ1) is 31.1. The molecular formula is C33H48O10. The van der Waals surface area contributed by atoms with E-state index in [-0.39, 0.29) is 47.7 Å². The first-order chi connectivity index (χ1) is 20.4. The summed E-state index contributed by atoms with van der Waals surface area (Å²) in [5.41, 5.74) is -0.686. The van der Waals surface area contributed by atoms with Crippen LogP contribution in [0.25, 0.3) is 0 Å². The average molecular weight is 605 g/mol. The lowest BCUT2D eigenvalue weighted by Crippen LogP contribution is -2.62. The number of hydrogen-bond acceptors (Lipinski definition) is 10. The van der Waals surface area contributed by atoms with Crippen molar-refractivity contribution in [2.45, 2.75) is 121 Å². The summed E-state index contributed by atoms with van der Waals surface area (Å²) in [6.45, 7) is 7.86. The van der Waals surface area contributed by atoms with Crippen molar-refractivity contribution in [1.82, 2.24) is 0 Å². The van der Waals surface area contributed by atoms with Gasteiger partial charge in [-0.2, -0.15) is 0 Å². The molecule has 3 unspecified atom stereocenters. The Morgan fingerprint density at radius 3 is 2.47 bits per heavy atom. The molecule has 2 aliphatic heterocycles. The molecule has 13 atom stereocenters. The molecular weight excluding hydrogens is 556 g/mol. The molecule has 10 nitrogen and oxygen atoms in total. The molecule has 6 aliphatic rings. The van der Waals surface area contributed by atoms with Crippen molar-refractivity contribution in [2.24, 2.45) is 34.5 Å². The van der Waals surface area contributed by atoms with Crippen LogP contribution in [0.15, 0.2) is 11.6 Å². The van der Waals surface area contributed by atoms with E-state index in [1.54, 1.807) is 20.1 Å². The number of rotatable bonds is 6. The van der Waals surface area contributed by atoms with Crippen LogP contribution >= 0.6 is 0 Å². The van der Waals surface area contributed by atoms with Gasteiger partial charge >= 0.3 is 11.9 Å². The molecule has 0 bridgehead atoms. The van der Waals surface area contributed by atoms with Crippen LogP contribution in [0.1, 0.15) is 79.1 Å². The number of hydrogen-bond donors (Lipinski definition) is 1. The zero-order chi connectivity index (χ0) is 30.9. The molecule has 2 heterocycles. The van der Waals surface area contributed by atoms with E-state index >= 15 is 0 Å². The Hall–Kier alpha value is -1.85. The first-order valence-electron chi connectivity index (χ1n) is 16.0. The lowest BCUT2D eigenvalue weighted by atomic mass is 9.43. The molecule has 240 valence electrons. The van der Waals surface area contributed by atoms with E-state index < -0.39 is 41.7 Å². The van der Waals surface area contributed by atoms with Crippen LogP contribution in [0.2, 0.25) is 0 Å². The fourth-order valence-corrected chi connectivity index (χ4v) is 10.5. The van der Waals surface area contributed by atoms with E-state index in [1.165, 1.54) is 14.0 Å². The highest BCUT2D eigenvalue weighted by atomic mass is 16.7. The van der Waals surface area contributed by atoms with Crippen LogP contribution < -0.4 is 0 Å². The normalized spacial score (nSPS) is 49.4. The third-order valence-corrected chi connectivity index (χ3v) is 12.6. The lowest BCUT2D eigenvalue weighted by Gasteiger charge is -2.63. The third-order valence-electron chi connectivity index (χ3n) is 12.6. The Morgan fingerprint density at radius 1 is 1.05 bits per heavy atom. The minimum absolute atomic E-state index is 0.0248. The maximum Gasteiger partial charge on any atom is 0.331 e. The van der Waals surface area contributed by atoms with Gasteiger partial charge in [-0.1, -0.05) is 13.8 Å². The van der Waals surface area contributed by atoms with Crippen molar-refractivity contribution in [3.05, 3.63) is 11.6 Å². The third kappa shape index (κ3) is 4.82. The van der Waals surface area contributed by atoms with Gasteiger partial charge < -0.3 is 33.5 Å². The van der Waals surface area contributed by atoms with E-state index in [9.17, 15) is 19.5 Å². The number of methoxy groups -OCH3 is 2. The molecule has 1 N–H and O–H groups in total. The molecule has 0 amide bonds. The fourth-order valence-electron chi connectivity index (χ4n) is 10.5. The molecule has 0 spiro atoms. The van der Waals surface area contributed by atoms with Gasteiger partial charge in [-0.3, -0.25) is 9.59 Å². The second-order valence-corrected chi connectivity index (χ2v) is 14.5. The number of fused-ring (bicyclic) bond motifs is 5. The van der Waals surface area contributed by atoms with E-state index in [0.29, 0.717) is 18.3 Å². The Bertz CT molecular complexity index is 1170. The summed E-state index contributed by atoms with van der Waals surface area (Å²) < 4.78 is 34.7. The van der Waals surface area contributed by atoms with Crippen LogP contribution in [0, 0.1) is 34.5 Å². The van der Waals surface area contributed by atoms with Crippen molar-refractivity contribution in [3.63, 3.8) is 0 Å². The predicted octanol–water partition coefficient (Wildman–Crippen LogP) is 3.51. The first-order valence-corrected chi connectivity index (χ1v) is 16.0. The number of carbonyl (C=O) groups excluding carboxylic acids is 3. The summed E-state index contributed by atoms with van der Waals surface area (Å²) in [5.74, 6) is -0.313. The fraction of sp³-hybridized carbons (Fsp3) is 0.848. The number of aliphatic hydroxyl groups is 1. The smallest absolute Gasteiger partial charge is 0.331 e. The standard InChI is InChI=1S/C33H48O10/c1-17-27(36)28(38-5)29(39-6)30(41-17)43-21-9-11-31(3)20(14-21)7-8-23-22(31)10-12-32(4)26(19-13-25(35)40-16-19)24(42-18(2)34)15-33(23,32)37/h13,17,20-24,26,28-30,37H,7-12,14-16H2,1-6H3/t17?,20-,21+,22?,23-,24+,26+,28+,29?,30+,31+,32-,33+/m1/s1. The molecule has 4 aliphatic carbocycles. The summed E-state index contributed by atoms with van der Waals surface area (Å²) in [6, 6.07) is 0. The van der Waals surface area contributed by atoms with Crippen molar-refractivity contribution < 1.29 is 47.9 Å². The number of cyclic esters (lactones) is 1. The molecule has 4 saturated carbocycles. The summed E-state index contributed by atoms with van der Waals surface area (Å²) in [6.07, 6.45) is 5.06. The van der Waals surface area contributed by atoms with Crippen LogP contribution in [0.4, 0.5) is 0 Å². The number of ketones is 1. The van der Waals surface area contributed by atoms with Gasteiger partial charge in [0.05, 0.1) is 11.7 Å². The monoisotopic (exact) mass is 604 g/mol. The van der Waals surface area contributed by atoms with Gasteiger partial charge in [0, 0.05) is 45.0 Å². The summed E-state index contributed by atoms with van der Waals surface area (Å²) in [7, 11) is 3.06. The van der Waals surface area contributed by atoms with Crippen molar-refractivity contribution >= 4 is 17.7 Å². The maximum absolute atomic E-state index is 12.7. The van der Waals surface area contributed by atoms with Crippen molar-refractivity contribution in [3.8, 4) is 0 Å². The number of esters is 2. The molecule has 0 aromatic rings. The van der Waals surface area contributed by atoms with Crippen LogP contribution in [0.5, 0.6) is 0 Å². The molecule has 10 heteroatoms. The molecule has 0 aromatic heterocycles. The SMILES string of the molecule is COC1[C@H](O[C@H]2CC[C@]3(C)C4CC[C@]5(C)[C@@H](C6=CC(=O)OC6)[C@@H](OC(C)=O)C[C@]5(O)[C@@H]4CC[C@@H]3C2)OC(C)C(=O)[C@@H]1OC. The summed E-state index contributed by atoms with van der Waals surface area (Å²) in [5, 5.41) is 12.7. The topological polar surface area (TPSA) is 127 Å². The number of ether oxygens (including phenoxy) is 6. The minimum atomic E-state index is -1.02. The molecule has 6 rings (SSSR count). The quantitative estimate of drug-likeness (QED) is 0.356. The second-order valence-electron chi connectivity index (χ2n) is 14.5. The number of carbonyl (C=O) groups is 3. The van der Waals surface area contributed by atoms with E-state index in [1.807, 2.05) is 0 Å². The van der Waals surface area contributed by atoms with Gasteiger partial charge in [-0.15, -0.1) is 0 Å². The van der Waals surface area contributed by atoms with E-state index in [0.717, 1.165) is 50.5 Å². The van der Waals surface area contributed by atoms with Gasteiger partial charge in [-0.05, 0) is 80.6 Å². The van der Waals surface area contributed by atoms with Gasteiger partial charge in [0.15, 0.2) is 12.1 Å². The van der Waals surface area contributed by atoms with Gasteiger partial charge in [0.1, 0.15) is 31.0 Å². The van der Waals surface area contributed by atoms with Crippen molar-refractivity contribution in [2.75, 3.05) is 20.8 Å². The van der Waals surface area contributed by atoms with E-state index in [4.69, 9.17) is 28.4 Å². The average Bonchev–Trinajstić information content (AvgIpc) is 3.46. The molecule has 5 fully saturated rings. The Morgan fingerprint density at radius 2 is 1.81 bits per heavy atom. The van der Waals surface area contributed by atoms with E-state index in [2.05, 4.69) is 13.8 Å². The Labute approximate surface area is 254 Å². The van der Waals surface area contributed by atoms with Gasteiger partial charge in [-0.25, -0.2) is 4.79 Å². The van der Waals surface area contributed by atoms with Crippen LogP contribution in [-0.4, -0.2) is 86.1 Å². The highest BCUT2D eigenvalue weighted by Crippen LogP contribution is 2.70. The second kappa shape index (κ2) is 11.2. The largest absolute Gasteiger partial charge is 0.462 e. The zero-order valence-electron chi connectivity index (χ0n) is 26.3. The minimum Gasteiger partial charge on any atom is -0.462 e. The number of Topliss-reactive ketones (excluding diaryl/α,β-unsaturated/α-hetero) is 1. The van der Waals surface area contributed by atoms with Gasteiger partial charge in [0.25, 0.3) is 0 Å². The zero-order valence-corrected chi connectivity index (χ0v) is 26.3. The maximum atomic E-state index is 12.7.